The van der Waals surface area contributed by atoms with Crippen LogP contribution in [0.25, 0.3) is 0 Å². The predicted molar refractivity (Wildman–Crippen MR) is 65.5 cm³/mol. The first kappa shape index (κ1) is 10.5. The van der Waals surface area contributed by atoms with Crippen LogP contribution in [0.4, 0.5) is 0 Å². The van der Waals surface area contributed by atoms with Crippen LogP contribution in [0.15, 0.2) is 6.97 Å². The first-order chi connectivity index (χ1) is 5.22. The third-order valence-electron chi connectivity index (χ3n) is 2.14. The van der Waals surface area contributed by atoms with Gasteiger partial charge in [0.15, 0.2) is 0 Å². The Bertz CT molecular complexity index is 155. The molecule has 1 rings (SSSR count). The van der Waals surface area contributed by atoms with Crippen LogP contribution >= 0.6 is 54.5 Å². The van der Waals surface area contributed by atoms with Crippen molar-refractivity contribution in [3.63, 3.8) is 0 Å². The number of hydrogen-bond donors (Lipinski definition) is 0. The molecule has 64 valence electrons. The Hall–Kier alpha value is 1.43. The van der Waals surface area contributed by atoms with Crippen LogP contribution in [0.2, 0.25) is 0 Å². The summed E-state index contributed by atoms with van der Waals surface area (Å²) in [4.78, 5) is 0. The summed E-state index contributed by atoms with van der Waals surface area (Å²) in [6.07, 6.45) is 6.94. The van der Waals surface area contributed by atoms with E-state index in [9.17, 15) is 0 Å². The van der Waals surface area contributed by atoms with E-state index in [2.05, 4.69) is 54.5 Å². The maximum absolute atomic E-state index is 3.63. The average Bonchev–Trinajstić information content (AvgIpc) is 2.05. The standard InChI is InChI=1S/C8H11Br2I/c9-7(8(10)11)6-4-2-1-3-5-6/h6H,1-5H2/b8-7+. The Balaban J connectivity index is 2.52. The third kappa shape index (κ3) is 3.35. The molecule has 3 heteroatoms. The van der Waals surface area contributed by atoms with Gasteiger partial charge >= 0.3 is 0 Å². The molecule has 0 amide bonds. The van der Waals surface area contributed by atoms with Crippen LogP contribution in [-0.2, 0) is 0 Å². The summed E-state index contributed by atoms with van der Waals surface area (Å²) >= 11 is 9.44. The molecule has 0 aromatic carbocycles. The highest BCUT2D eigenvalue weighted by molar-refractivity contribution is 14.1. The highest BCUT2D eigenvalue weighted by Crippen LogP contribution is 2.38. The fourth-order valence-corrected chi connectivity index (χ4v) is 2.73. The molecular formula is C8H11Br2I. The van der Waals surface area contributed by atoms with Crippen molar-refractivity contribution in [1.82, 2.24) is 0 Å². The molecule has 0 heterocycles. The van der Waals surface area contributed by atoms with Gasteiger partial charge in [0.1, 0.15) is 0 Å². The van der Waals surface area contributed by atoms with Gasteiger partial charge in [-0.1, -0.05) is 35.2 Å². The van der Waals surface area contributed by atoms with E-state index in [0.29, 0.717) is 0 Å². The van der Waals surface area contributed by atoms with Crippen molar-refractivity contribution in [1.29, 1.82) is 0 Å². The van der Waals surface area contributed by atoms with E-state index in [0.717, 1.165) is 5.92 Å². The Labute approximate surface area is 98.6 Å². The van der Waals surface area contributed by atoms with Gasteiger partial charge in [0, 0.05) is 4.48 Å². The van der Waals surface area contributed by atoms with Crippen LogP contribution in [0.1, 0.15) is 32.1 Å². The van der Waals surface area contributed by atoms with Gasteiger partial charge in [0.25, 0.3) is 0 Å². The molecule has 0 atom stereocenters. The molecule has 0 aliphatic heterocycles. The molecule has 1 aliphatic rings. The fourth-order valence-electron chi connectivity index (χ4n) is 1.51. The molecule has 0 spiro atoms. The van der Waals surface area contributed by atoms with Gasteiger partial charge in [0.05, 0.1) is 2.49 Å². The van der Waals surface area contributed by atoms with E-state index >= 15 is 0 Å². The van der Waals surface area contributed by atoms with Crippen LogP contribution in [0, 0.1) is 5.92 Å². The summed E-state index contributed by atoms with van der Waals surface area (Å²) in [5.41, 5.74) is 0. The minimum atomic E-state index is 0.787. The van der Waals surface area contributed by atoms with Gasteiger partial charge < -0.3 is 0 Å². The predicted octanol–water partition coefficient (Wildman–Crippen LogP) is 4.96. The maximum Gasteiger partial charge on any atom is 0.0663 e. The van der Waals surface area contributed by atoms with Gasteiger partial charge in [0.2, 0.25) is 0 Å². The van der Waals surface area contributed by atoms with E-state index in [1.54, 1.807) is 0 Å². The second-order valence-corrected chi connectivity index (χ2v) is 7.15. The van der Waals surface area contributed by atoms with E-state index in [4.69, 9.17) is 0 Å². The molecule has 0 unspecified atom stereocenters. The Kier molecular flexibility index (Phi) is 4.99. The number of rotatable bonds is 1. The quantitative estimate of drug-likeness (QED) is 0.552. The van der Waals surface area contributed by atoms with E-state index in [-0.39, 0.29) is 0 Å². The summed E-state index contributed by atoms with van der Waals surface area (Å²) in [5.74, 6) is 0.787. The fraction of sp³-hybridized carbons (Fsp3) is 0.750. The highest BCUT2D eigenvalue weighted by Gasteiger charge is 2.17. The normalized spacial score (nSPS) is 23.2. The molecule has 0 nitrogen and oxygen atoms in total. The lowest BCUT2D eigenvalue weighted by Gasteiger charge is -2.21. The van der Waals surface area contributed by atoms with Crippen LogP contribution < -0.4 is 0 Å². The van der Waals surface area contributed by atoms with Crippen LogP contribution in [0.3, 0.4) is 0 Å². The second-order valence-electron chi connectivity index (χ2n) is 2.94. The number of halogens is 3. The first-order valence-electron chi connectivity index (χ1n) is 3.92. The molecule has 0 saturated heterocycles. The first-order valence-corrected chi connectivity index (χ1v) is 6.59. The van der Waals surface area contributed by atoms with Crippen LogP contribution in [0.5, 0.6) is 0 Å². The van der Waals surface area contributed by atoms with Gasteiger partial charge in [-0.15, -0.1) is 0 Å². The van der Waals surface area contributed by atoms with Crippen molar-refractivity contribution in [3.8, 4) is 0 Å². The van der Waals surface area contributed by atoms with Gasteiger partial charge in [-0.25, -0.2) is 0 Å². The van der Waals surface area contributed by atoms with Crippen molar-refractivity contribution >= 4 is 54.5 Å². The second kappa shape index (κ2) is 5.22. The number of hydrogen-bond acceptors (Lipinski definition) is 0. The van der Waals surface area contributed by atoms with E-state index in [1.807, 2.05) is 0 Å². The summed E-state index contributed by atoms with van der Waals surface area (Å²) < 4.78 is 2.61. The molecule has 1 saturated carbocycles. The average molecular weight is 394 g/mol. The lowest BCUT2D eigenvalue weighted by atomic mass is 9.89. The molecule has 0 aromatic heterocycles. The minimum Gasteiger partial charge on any atom is -0.0536 e. The molecule has 0 N–H and O–H groups in total. The molecule has 0 bridgehead atoms. The van der Waals surface area contributed by atoms with Crippen molar-refractivity contribution in [3.05, 3.63) is 6.97 Å². The molecule has 1 fully saturated rings. The maximum atomic E-state index is 3.63. The van der Waals surface area contributed by atoms with Gasteiger partial charge in [-0.3, -0.25) is 0 Å². The zero-order valence-corrected chi connectivity index (χ0v) is 11.6. The monoisotopic (exact) mass is 392 g/mol. The zero-order chi connectivity index (χ0) is 8.27. The van der Waals surface area contributed by atoms with Crippen molar-refractivity contribution < 1.29 is 0 Å². The highest BCUT2D eigenvalue weighted by atomic mass is 127. The van der Waals surface area contributed by atoms with E-state index < -0.39 is 0 Å². The Morgan fingerprint density at radius 3 is 2.09 bits per heavy atom. The van der Waals surface area contributed by atoms with Crippen LogP contribution in [-0.4, -0.2) is 0 Å². The summed E-state index contributed by atoms with van der Waals surface area (Å²) in [5, 5.41) is 0. The summed E-state index contributed by atoms with van der Waals surface area (Å²) in [6, 6.07) is 0. The van der Waals surface area contributed by atoms with E-state index in [1.165, 1.54) is 39.1 Å². The van der Waals surface area contributed by atoms with Crippen molar-refractivity contribution in [2.75, 3.05) is 0 Å². The largest absolute Gasteiger partial charge is 0.0663 e. The van der Waals surface area contributed by atoms with Gasteiger partial charge in [-0.2, -0.15) is 0 Å². The topological polar surface area (TPSA) is 0 Å². The van der Waals surface area contributed by atoms with Crippen molar-refractivity contribution in [2.45, 2.75) is 32.1 Å². The molecule has 1 aliphatic carbocycles. The zero-order valence-electron chi connectivity index (χ0n) is 6.25. The minimum absolute atomic E-state index is 0.787. The third-order valence-corrected chi connectivity index (χ3v) is 5.47. The Morgan fingerprint density at radius 2 is 1.64 bits per heavy atom. The summed E-state index contributed by atoms with van der Waals surface area (Å²) in [7, 11) is 0. The number of allylic oxidation sites excluding steroid dienone is 1. The summed E-state index contributed by atoms with van der Waals surface area (Å²) in [6.45, 7) is 0. The molecule has 0 radical (unpaired) electrons. The van der Waals surface area contributed by atoms with Gasteiger partial charge in [-0.05, 0) is 57.3 Å². The Morgan fingerprint density at radius 1 is 1.09 bits per heavy atom. The molecule has 0 aromatic rings. The smallest absolute Gasteiger partial charge is 0.0536 e. The molecule has 11 heavy (non-hydrogen) atoms. The SMILES string of the molecule is Br/C(I)=C(\Br)C1CCCCC1. The van der Waals surface area contributed by atoms with Crippen molar-refractivity contribution in [2.24, 2.45) is 5.92 Å². The lowest BCUT2D eigenvalue weighted by molar-refractivity contribution is 0.416. The lowest BCUT2D eigenvalue weighted by Crippen LogP contribution is -2.05. The molecular weight excluding hydrogens is 383 g/mol.